The van der Waals surface area contributed by atoms with Gasteiger partial charge in [0.05, 0.1) is 13.2 Å². The summed E-state index contributed by atoms with van der Waals surface area (Å²) in [6, 6.07) is 14.1. The summed E-state index contributed by atoms with van der Waals surface area (Å²) in [6.45, 7) is 7.22. The normalized spacial score (nSPS) is 16.3. The van der Waals surface area contributed by atoms with Crippen molar-refractivity contribution in [2.45, 2.75) is 25.9 Å². The Hall–Kier alpha value is -2.11. The van der Waals surface area contributed by atoms with Gasteiger partial charge in [-0.05, 0) is 42.3 Å². The molecule has 0 unspecified atom stereocenters. The predicted molar refractivity (Wildman–Crippen MR) is 104 cm³/mol. The monoisotopic (exact) mass is 356 g/mol. The van der Waals surface area contributed by atoms with Crippen LogP contribution in [-0.4, -0.2) is 56.3 Å². The first kappa shape index (κ1) is 18.7. The standard InChI is InChI=1S/C21H28N2O3/c1-2-20(21(24)22-10-5-11-23-12-14-25-15-13-23)26-19-9-8-17-6-3-4-7-18(17)16-19/h3-4,6-9,16,20H,2,5,10-15H2,1H3,(H,22,24)/t20-/m1/s1. The molecule has 1 N–H and O–H groups in total. The largest absolute Gasteiger partial charge is 0.481 e. The topological polar surface area (TPSA) is 50.8 Å². The number of hydrogen-bond acceptors (Lipinski definition) is 4. The Kier molecular flexibility index (Phi) is 6.86. The van der Waals surface area contributed by atoms with Gasteiger partial charge in [0.2, 0.25) is 0 Å². The summed E-state index contributed by atoms with van der Waals surface area (Å²) >= 11 is 0. The maximum absolute atomic E-state index is 12.4. The van der Waals surface area contributed by atoms with Gasteiger partial charge in [0, 0.05) is 19.6 Å². The molecule has 140 valence electrons. The molecular weight excluding hydrogens is 328 g/mol. The van der Waals surface area contributed by atoms with Gasteiger partial charge in [-0.2, -0.15) is 0 Å². The molecule has 1 atom stereocenters. The molecular formula is C21H28N2O3. The number of benzene rings is 2. The Morgan fingerprint density at radius 3 is 2.73 bits per heavy atom. The summed E-state index contributed by atoms with van der Waals surface area (Å²) in [4.78, 5) is 14.8. The molecule has 0 aliphatic carbocycles. The second-order valence-corrected chi connectivity index (χ2v) is 6.62. The fourth-order valence-electron chi connectivity index (χ4n) is 3.18. The van der Waals surface area contributed by atoms with Crippen LogP contribution in [0.5, 0.6) is 5.75 Å². The molecule has 1 heterocycles. The molecule has 1 fully saturated rings. The van der Waals surface area contributed by atoms with Crippen LogP contribution < -0.4 is 10.1 Å². The minimum absolute atomic E-state index is 0.0392. The van der Waals surface area contributed by atoms with E-state index in [1.54, 1.807) is 0 Å². The highest BCUT2D eigenvalue weighted by Gasteiger charge is 2.18. The van der Waals surface area contributed by atoms with Crippen molar-refractivity contribution in [3.8, 4) is 5.75 Å². The number of carbonyl (C=O) groups is 1. The first-order chi connectivity index (χ1) is 12.8. The van der Waals surface area contributed by atoms with Gasteiger partial charge >= 0.3 is 0 Å². The summed E-state index contributed by atoms with van der Waals surface area (Å²) in [5, 5.41) is 5.29. The lowest BCUT2D eigenvalue weighted by atomic mass is 10.1. The van der Waals surface area contributed by atoms with E-state index in [0.29, 0.717) is 13.0 Å². The third-order valence-electron chi connectivity index (χ3n) is 4.72. The van der Waals surface area contributed by atoms with Gasteiger partial charge in [-0.25, -0.2) is 0 Å². The van der Waals surface area contributed by atoms with Gasteiger partial charge in [0.25, 0.3) is 5.91 Å². The van der Waals surface area contributed by atoms with E-state index in [9.17, 15) is 4.79 Å². The fraction of sp³-hybridized carbons (Fsp3) is 0.476. The quantitative estimate of drug-likeness (QED) is 0.739. The zero-order valence-electron chi connectivity index (χ0n) is 15.4. The first-order valence-electron chi connectivity index (χ1n) is 9.49. The van der Waals surface area contributed by atoms with Gasteiger partial charge in [0.1, 0.15) is 5.75 Å². The zero-order valence-corrected chi connectivity index (χ0v) is 15.4. The molecule has 0 radical (unpaired) electrons. The maximum Gasteiger partial charge on any atom is 0.261 e. The van der Waals surface area contributed by atoms with Crippen molar-refractivity contribution in [1.29, 1.82) is 0 Å². The predicted octanol–water partition coefficient (Wildman–Crippen LogP) is 2.84. The minimum atomic E-state index is -0.459. The Morgan fingerprint density at radius 2 is 1.96 bits per heavy atom. The molecule has 2 aromatic rings. The van der Waals surface area contributed by atoms with Crippen molar-refractivity contribution in [3.05, 3.63) is 42.5 Å². The molecule has 3 rings (SSSR count). The van der Waals surface area contributed by atoms with Crippen molar-refractivity contribution in [1.82, 2.24) is 10.2 Å². The van der Waals surface area contributed by atoms with E-state index in [-0.39, 0.29) is 5.91 Å². The number of amides is 1. The summed E-state index contributed by atoms with van der Waals surface area (Å²) in [5.41, 5.74) is 0. The Bertz CT molecular complexity index is 713. The van der Waals surface area contributed by atoms with E-state index >= 15 is 0 Å². The second kappa shape index (κ2) is 9.55. The number of nitrogens with one attached hydrogen (secondary N) is 1. The van der Waals surface area contributed by atoms with Crippen LogP contribution in [0.3, 0.4) is 0 Å². The average Bonchev–Trinajstić information content (AvgIpc) is 2.70. The van der Waals surface area contributed by atoms with Crippen molar-refractivity contribution < 1.29 is 14.3 Å². The van der Waals surface area contributed by atoms with Crippen molar-refractivity contribution in [3.63, 3.8) is 0 Å². The minimum Gasteiger partial charge on any atom is -0.481 e. The third-order valence-corrected chi connectivity index (χ3v) is 4.72. The van der Waals surface area contributed by atoms with Crippen LogP contribution in [-0.2, 0) is 9.53 Å². The van der Waals surface area contributed by atoms with Crippen molar-refractivity contribution >= 4 is 16.7 Å². The molecule has 0 spiro atoms. The molecule has 5 heteroatoms. The summed E-state index contributed by atoms with van der Waals surface area (Å²) < 4.78 is 11.3. The Morgan fingerprint density at radius 1 is 1.19 bits per heavy atom. The SMILES string of the molecule is CC[C@@H](Oc1ccc2ccccc2c1)C(=O)NCCCN1CCOCC1. The number of carbonyl (C=O) groups excluding carboxylic acids is 1. The number of nitrogens with zero attached hydrogens (tertiary/aromatic N) is 1. The molecule has 1 saturated heterocycles. The van der Waals surface area contributed by atoms with E-state index in [1.807, 2.05) is 37.3 Å². The molecule has 0 aromatic heterocycles. The Balaban J connectivity index is 1.46. The third kappa shape index (κ3) is 5.19. The van der Waals surface area contributed by atoms with Gasteiger partial charge in [-0.3, -0.25) is 9.69 Å². The van der Waals surface area contributed by atoms with Crippen LogP contribution in [0.4, 0.5) is 0 Å². The lowest BCUT2D eigenvalue weighted by Crippen LogP contribution is -2.41. The molecule has 5 nitrogen and oxygen atoms in total. The average molecular weight is 356 g/mol. The number of fused-ring (bicyclic) bond motifs is 1. The summed E-state index contributed by atoms with van der Waals surface area (Å²) in [5.74, 6) is 0.696. The lowest BCUT2D eigenvalue weighted by Gasteiger charge is -2.26. The number of hydrogen-bond donors (Lipinski definition) is 1. The smallest absolute Gasteiger partial charge is 0.261 e. The first-order valence-corrected chi connectivity index (χ1v) is 9.49. The summed E-state index contributed by atoms with van der Waals surface area (Å²) in [6.07, 6.45) is 1.12. The molecule has 1 aliphatic heterocycles. The molecule has 1 amide bonds. The molecule has 0 bridgehead atoms. The highest BCUT2D eigenvalue weighted by molar-refractivity contribution is 5.84. The van der Waals surface area contributed by atoms with Gasteiger partial charge in [-0.1, -0.05) is 37.3 Å². The maximum atomic E-state index is 12.4. The molecule has 1 aliphatic rings. The molecule has 0 saturated carbocycles. The Labute approximate surface area is 155 Å². The van der Waals surface area contributed by atoms with Gasteiger partial charge in [0.15, 0.2) is 6.10 Å². The van der Waals surface area contributed by atoms with E-state index < -0.39 is 6.10 Å². The number of morpholine rings is 1. The van der Waals surface area contributed by atoms with Crippen molar-refractivity contribution in [2.75, 3.05) is 39.4 Å². The van der Waals surface area contributed by atoms with Crippen molar-refractivity contribution in [2.24, 2.45) is 0 Å². The van der Waals surface area contributed by atoms with E-state index in [1.165, 1.54) is 5.39 Å². The van der Waals surface area contributed by atoms with Crippen LogP contribution >= 0.6 is 0 Å². The van der Waals surface area contributed by atoms with Gasteiger partial charge < -0.3 is 14.8 Å². The fourth-order valence-corrected chi connectivity index (χ4v) is 3.18. The van der Waals surface area contributed by atoms with Crippen LogP contribution in [0.2, 0.25) is 0 Å². The van der Waals surface area contributed by atoms with Crippen LogP contribution in [0.25, 0.3) is 10.8 Å². The molecule has 26 heavy (non-hydrogen) atoms. The number of rotatable bonds is 8. The summed E-state index contributed by atoms with van der Waals surface area (Å²) in [7, 11) is 0. The van der Waals surface area contributed by atoms with E-state index in [4.69, 9.17) is 9.47 Å². The van der Waals surface area contributed by atoms with E-state index in [2.05, 4.69) is 22.3 Å². The van der Waals surface area contributed by atoms with Crippen LogP contribution in [0.1, 0.15) is 19.8 Å². The van der Waals surface area contributed by atoms with Crippen LogP contribution in [0, 0.1) is 0 Å². The van der Waals surface area contributed by atoms with Gasteiger partial charge in [-0.15, -0.1) is 0 Å². The number of ether oxygens (including phenoxy) is 2. The molecule has 2 aromatic carbocycles. The zero-order chi connectivity index (χ0) is 18.2. The second-order valence-electron chi connectivity index (χ2n) is 6.62. The highest BCUT2D eigenvalue weighted by atomic mass is 16.5. The lowest BCUT2D eigenvalue weighted by molar-refractivity contribution is -0.128. The van der Waals surface area contributed by atoms with Crippen LogP contribution in [0.15, 0.2) is 42.5 Å². The van der Waals surface area contributed by atoms with E-state index in [0.717, 1.165) is 50.4 Å². The highest BCUT2D eigenvalue weighted by Crippen LogP contribution is 2.22.